The lowest BCUT2D eigenvalue weighted by Gasteiger charge is -2.24. The first-order valence-electron chi connectivity index (χ1n) is 8.08. The van der Waals surface area contributed by atoms with Gasteiger partial charge in [-0.15, -0.1) is 0 Å². The van der Waals surface area contributed by atoms with Crippen molar-refractivity contribution in [2.45, 2.75) is 25.8 Å². The molecule has 0 aromatic heterocycles. The van der Waals surface area contributed by atoms with Gasteiger partial charge in [0, 0.05) is 24.2 Å². The molecule has 1 aliphatic heterocycles. The molecule has 2 rings (SSSR count). The van der Waals surface area contributed by atoms with Gasteiger partial charge >= 0.3 is 0 Å². The molecule has 1 unspecified atom stereocenters. The van der Waals surface area contributed by atoms with Crippen LogP contribution in [0.1, 0.15) is 31.4 Å². The molecule has 1 N–H and O–H groups in total. The van der Waals surface area contributed by atoms with Gasteiger partial charge in [0.25, 0.3) is 0 Å². The Morgan fingerprint density at radius 1 is 1.24 bits per heavy atom. The second kappa shape index (κ2) is 8.74. The molecule has 0 spiro atoms. The van der Waals surface area contributed by atoms with Crippen LogP contribution in [-0.2, 0) is 0 Å². The lowest BCUT2D eigenvalue weighted by Crippen LogP contribution is -2.32. The Morgan fingerprint density at radius 2 is 2.10 bits per heavy atom. The van der Waals surface area contributed by atoms with Crippen LogP contribution in [0.5, 0.6) is 0 Å². The van der Waals surface area contributed by atoms with Crippen LogP contribution < -0.4 is 5.32 Å². The molecule has 1 aliphatic rings. The molecule has 21 heavy (non-hydrogen) atoms. The second-order valence-corrected chi connectivity index (χ2v) is 6.39. The van der Waals surface area contributed by atoms with E-state index in [1.54, 1.807) is 0 Å². The van der Waals surface area contributed by atoms with Crippen molar-refractivity contribution in [3.63, 3.8) is 0 Å². The van der Waals surface area contributed by atoms with E-state index < -0.39 is 0 Å². The summed E-state index contributed by atoms with van der Waals surface area (Å²) < 4.78 is 0. The fraction of sp³-hybridized carbons (Fsp3) is 0.647. The maximum absolute atomic E-state index is 6.13. The van der Waals surface area contributed by atoms with Crippen LogP contribution in [0, 0.1) is 0 Å². The van der Waals surface area contributed by atoms with E-state index in [-0.39, 0.29) is 0 Å². The maximum atomic E-state index is 6.13. The summed E-state index contributed by atoms with van der Waals surface area (Å²) in [6, 6.07) is 8.65. The average molecular weight is 310 g/mol. The Hall–Kier alpha value is -0.610. The first-order chi connectivity index (χ1) is 10.2. The quantitative estimate of drug-likeness (QED) is 0.871. The zero-order valence-electron chi connectivity index (χ0n) is 13.3. The molecule has 118 valence electrons. The number of hydrogen-bond acceptors (Lipinski definition) is 3. The summed E-state index contributed by atoms with van der Waals surface area (Å²) >= 11 is 6.13. The predicted octanol–water partition coefficient (Wildman–Crippen LogP) is 3.02. The number of nitrogens with zero attached hydrogens (tertiary/aromatic N) is 2. The smallest absolute Gasteiger partial charge is 0.0409 e. The Balaban J connectivity index is 1.90. The van der Waals surface area contributed by atoms with Crippen LogP contribution in [0.4, 0.5) is 0 Å². The number of hydrogen-bond donors (Lipinski definition) is 1. The van der Waals surface area contributed by atoms with Gasteiger partial charge in [-0.05, 0) is 63.8 Å². The number of rotatable bonds is 6. The van der Waals surface area contributed by atoms with E-state index in [1.165, 1.54) is 38.2 Å². The van der Waals surface area contributed by atoms with Gasteiger partial charge in [-0.2, -0.15) is 0 Å². The highest BCUT2D eigenvalue weighted by Crippen LogP contribution is 2.21. The van der Waals surface area contributed by atoms with Gasteiger partial charge in [-0.25, -0.2) is 0 Å². The van der Waals surface area contributed by atoms with Crippen LogP contribution >= 0.6 is 11.6 Å². The molecule has 0 amide bonds. The molecular formula is C17H28ClN3. The Morgan fingerprint density at radius 3 is 2.86 bits per heavy atom. The van der Waals surface area contributed by atoms with Gasteiger partial charge in [0.1, 0.15) is 0 Å². The summed E-state index contributed by atoms with van der Waals surface area (Å²) in [6.45, 7) is 9.12. The summed E-state index contributed by atoms with van der Waals surface area (Å²) in [7, 11) is 2.22. The topological polar surface area (TPSA) is 18.5 Å². The van der Waals surface area contributed by atoms with E-state index in [4.69, 9.17) is 11.6 Å². The minimum atomic E-state index is 0.398. The van der Waals surface area contributed by atoms with E-state index in [0.29, 0.717) is 6.04 Å². The summed E-state index contributed by atoms with van der Waals surface area (Å²) in [5.74, 6) is 0. The lowest BCUT2D eigenvalue weighted by atomic mass is 10.0. The van der Waals surface area contributed by atoms with E-state index in [1.807, 2.05) is 12.1 Å². The summed E-state index contributed by atoms with van der Waals surface area (Å²) in [4.78, 5) is 5.02. The molecule has 0 radical (unpaired) electrons. The molecule has 3 nitrogen and oxygen atoms in total. The fourth-order valence-electron chi connectivity index (χ4n) is 2.99. The monoisotopic (exact) mass is 309 g/mol. The van der Waals surface area contributed by atoms with Crippen LogP contribution in [-0.4, -0.2) is 56.1 Å². The molecule has 1 saturated heterocycles. The SMILES string of the molecule is CCNC(CCN1CCCN(C)CC1)c1cccc(Cl)c1. The van der Waals surface area contributed by atoms with Crippen molar-refractivity contribution in [2.24, 2.45) is 0 Å². The Kier molecular flexibility index (Phi) is 6.97. The van der Waals surface area contributed by atoms with Crippen molar-refractivity contribution in [2.75, 3.05) is 46.3 Å². The molecule has 0 aliphatic carbocycles. The number of nitrogens with one attached hydrogen (secondary N) is 1. The molecular weight excluding hydrogens is 282 g/mol. The van der Waals surface area contributed by atoms with Crippen molar-refractivity contribution in [1.29, 1.82) is 0 Å². The molecule has 0 bridgehead atoms. The fourth-order valence-corrected chi connectivity index (χ4v) is 3.19. The van der Waals surface area contributed by atoms with Crippen LogP contribution in [0.3, 0.4) is 0 Å². The maximum Gasteiger partial charge on any atom is 0.0409 e. The van der Waals surface area contributed by atoms with E-state index in [0.717, 1.165) is 24.5 Å². The molecule has 1 fully saturated rings. The Labute approximate surface area is 134 Å². The van der Waals surface area contributed by atoms with Gasteiger partial charge in [0.05, 0.1) is 0 Å². The van der Waals surface area contributed by atoms with Crippen molar-refractivity contribution < 1.29 is 0 Å². The largest absolute Gasteiger partial charge is 0.310 e. The van der Waals surface area contributed by atoms with Crippen molar-refractivity contribution in [3.05, 3.63) is 34.9 Å². The summed E-state index contributed by atoms with van der Waals surface area (Å²) in [6.07, 6.45) is 2.41. The van der Waals surface area contributed by atoms with E-state index >= 15 is 0 Å². The standard InChI is InChI=1S/C17H28ClN3/c1-3-19-17(15-6-4-7-16(18)14-15)8-11-21-10-5-9-20(2)12-13-21/h4,6-7,14,17,19H,3,5,8-13H2,1-2H3. The van der Waals surface area contributed by atoms with Crippen LogP contribution in [0.2, 0.25) is 5.02 Å². The number of benzene rings is 1. The molecule has 1 aromatic rings. The third-order valence-corrected chi connectivity index (χ3v) is 4.48. The van der Waals surface area contributed by atoms with Crippen LogP contribution in [0.15, 0.2) is 24.3 Å². The van der Waals surface area contributed by atoms with Gasteiger partial charge in [-0.1, -0.05) is 30.7 Å². The molecule has 4 heteroatoms. The van der Waals surface area contributed by atoms with Crippen molar-refractivity contribution in [1.82, 2.24) is 15.1 Å². The van der Waals surface area contributed by atoms with Gasteiger partial charge in [0.15, 0.2) is 0 Å². The molecule has 0 saturated carbocycles. The van der Waals surface area contributed by atoms with Crippen molar-refractivity contribution in [3.8, 4) is 0 Å². The zero-order chi connectivity index (χ0) is 15.1. The molecule has 1 aromatic carbocycles. The normalized spacial score (nSPS) is 19.4. The van der Waals surface area contributed by atoms with Gasteiger partial charge < -0.3 is 15.1 Å². The highest BCUT2D eigenvalue weighted by molar-refractivity contribution is 6.30. The predicted molar refractivity (Wildman–Crippen MR) is 91.0 cm³/mol. The van der Waals surface area contributed by atoms with Gasteiger partial charge in [0.2, 0.25) is 0 Å². The highest BCUT2D eigenvalue weighted by Gasteiger charge is 2.15. The minimum Gasteiger partial charge on any atom is -0.310 e. The number of halogens is 1. The zero-order valence-corrected chi connectivity index (χ0v) is 14.1. The van der Waals surface area contributed by atoms with Crippen molar-refractivity contribution >= 4 is 11.6 Å². The lowest BCUT2D eigenvalue weighted by molar-refractivity contribution is 0.261. The third kappa shape index (κ3) is 5.59. The van der Waals surface area contributed by atoms with E-state index in [2.05, 4.69) is 41.2 Å². The second-order valence-electron chi connectivity index (χ2n) is 5.95. The van der Waals surface area contributed by atoms with Crippen LogP contribution in [0.25, 0.3) is 0 Å². The summed E-state index contributed by atoms with van der Waals surface area (Å²) in [5, 5.41) is 4.42. The molecule has 1 heterocycles. The van der Waals surface area contributed by atoms with Gasteiger partial charge in [-0.3, -0.25) is 0 Å². The molecule has 1 atom stereocenters. The first kappa shape index (κ1) is 16.8. The van der Waals surface area contributed by atoms with E-state index in [9.17, 15) is 0 Å². The first-order valence-corrected chi connectivity index (χ1v) is 8.46. The number of likely N-dealkylation sites (N-methyl/N-ethyl adjacent to an activating group) is 1. The Bertz CT molecular complexity index is 424. The third-order valence-electron chi connectivity index (χ3n) is 4.25. The minimum absolute atomic E-state index is 0.398. The highest BCUT2D eigenvalue weighted by atomic mass is 35.5. The summed E-state index contributed by atoms with van der Waals surface area (Å²) in [5.41, 5.74) is 1.30. The average Bonchev–Trinajstić information content (AvgIpc) is 2.68.